The number of primary amides is 1. The third-order valence-electron chi connectivity index (χ3n) is 4.19. The van der Waals surface area contributed by atoms with Gasteiger partial charge in [0.05, 0.1) is 17.1 Å². The van der Waals surface area contributed by atoms with Gasteiger partial charge >= 0.3 is 0 Å². The zero-order valence-electron chi connectivity index (χ0n) is 15.5. The fourth-order valence-corrected chi connectivity index (χ4v) is 3.77. The molecule has 0 spiro atoms. The average molecular weight is 382 g/mol. The summed E-state index contributed by atoms with van der Waals surface area (Å²) in [6.45, 7) is 6.51. The molecule has 0 aliphatic heterocycles. The third kappa shape index (κ3) is 4.43. The van der Waals surface area contributed by atoms with E-state index in [1.165, 1.54) is 11.3 Å². The number of hydrogen-bond acceptors (Lipinski definition) is 4. The molecular weight excluding hydrogens is 360 g/mol. The third-order valence-corrected chi connectivity index (χ3v) is 5.33. The van der Waals surface area contributed by atoms with E-state index in [-0.39, 0.29) is 11.9 Å². The highest BCUT2D eigenvalue weighted by Gasteiger charge is 2.14. The van der Waals surface area contributed by atoms with Crippen LogP contribution in [0.3, 0.4) is 0 Å². The lowest BCUT2D eigenvalue weighted by Crippen LogP contribution is -2.36. The van der Waals surface area contributed by atoms with Crippen LogP contribution in [0.4, 0.5) is 0 Å². The van der Waals surface area contributed by atoms with Crippen LogP contribution in [0, 0.1) is 13.8 Å². The summed E-state index contributed by atoms with van der Waals surface area (Å²) < 4.78 is 1.90. The van der Waals surface area contributed by atoms with Crippen LogP contribution in [0.1, 0.15) is 38.3 Å². The van der Waals surface area contributed by atoms with E-state index in [0.717, 1.165) is 21.8 Å². The molecule has 0 aliphatic rings. The molecule has 2 heterocycles. The van der Waals surface area contributed by atoms with Crippen LogP contribution in [0.25, 0.3) is 10.4 Å². The zero-order chi connectivity index (χ0) is 19.6. The molecule has 7 heteroatoms. The highest BCUT2D eigenvalue weighted by atomic mass is 32.1. The Labute approximate surface area is 162 Å². The van der Waals surface area contributed by atoms with Crippen LogP contribution in [-0.2, 0) is 6.54 Å². The predicted molar refractivity (Wildman–Crippen MR) is 107 cm³/mol. The molecule has 1 unspecified atom stereocenters. The second kappa shape index (κ2) is 7.75. The molecule has 0 saturated heterocycles. The van der Waals surface area contributed by atoms with Gasteiger partial charge in [0.2, 0.25) is 0 Å². The number of hydrogen-bond donors (Lipinski definition) is 2. The number of carbonyl (C=O) groups is 2. The van der Waals surface area contributed by atoms with E-state index < -0.39 is 5.91 Å². The van der Waals surface area contributed by atoms with Gasteiger partial charge in [-0.25, -0.2) is 0 Å². The average Bonchev–Trinajstić information content (AvgIpc) is 3.22. The van der Waals surface area contributed by atoms with Crippen molar-refractivity contribution in [2.75, 3.05) is 0 Å². The summed E-state index contributed by atoms with van der Waals surface area (Å²) in [6.07, 6.45) is 0. The van der Waals surface area contributed by atoms with Crippen LogP contribution in [0.15, 0.2) is 42.5 Å². The Bertz CT molecular complexity index is 990. The van der Waals surface area contributed by atoms with Crippen LogP contribution in [0.2, 0.25) is 0 Å². The van der Waals surface area contributed by atoms with Gasteiger partial charge in [0.1, 0.15) is 0 Å². The van der Waals surface area contributed by atoms with Gasteiger partial charge in [-0.05, 0) is 56.7 Å². The van der Waals surface area contributed by atoms with Crippen LogP contribution < -0.4 is 11.1 Å². The first kappa shape index (κ1) is 18.8. The van der Waals surface area contributed by atoms with E-state index in [1.54, 1.807) is 12.1 Å². The maximum absolute atomic E-state index is 12.6. The van der Waals surface area contributed by atoms with Crippen molar-refractivity contribution < 1.29 is 9.59 Å². The molecule has 1 atom stereocenters. The Morgan fingerprint density at radius 3 is 2.63 bits per heavy atom. The molecule has 140 valence electrons. The molecule has 0 radical (unpaired) electrons. The van der Waals surface area contributed by atoms with Gasteiger partial charge in [0.15, 0.2) is 0 Å². The fraction of sp³-hybridized carbons (Fsp3) is 0.250. The Morgan fingerprint density at radius 2 is 2.00 bits per heavy atom. The van der Waals surface area contributed by atoms with Crippen LogP contribution >= 0.6 is 11.3 Å². The Kier molecular flexibility index (Phi) is 5.41. The van der Waals surface area contributed by atoms with Crippen molar-refractivity contribution in [1.29, 1.82) is 0 Å². The van der Waals surface area contributed by atoms with Gasteiger partial charge in [0.25, 0.3) is 11.8 Å². The van der Waals surface area contributed by atoms with Crippen LogP contribution in [-0.4, -0.2) is 27.6 Å². The fourth-order valence-electron chi connectivity index (χ4n) is 2.91. The van der Waals surface area contributed by atoms with E-state index in [0.29, 0.717) is 17.0 Å². The smallest absolute Gasteiger partial charge is 0.258 e. The molecule has 0 bridgehead atoms. The highest BCUT2D eigenvalue weighted by molar-refractivity contribution is 7.17. The number of carbonyl (C=O) groups excluding carboxylic acids is 2. The lowest BCUT2D eigenvalue weighted by atomic mass is 10.1. The van der Waals surface area contributed by atoms with Crippen molar-refractivity contribution in [2.45, 2.75) is 33.4 Å². The minimum atomic E-state index is -0.446. The van der Waals surface area contributed by atoms with Crippen molar-refractivity contribution >= 4 is 23.2 Å². The number of rotatable bonds is 6. The van der Waals surface area contributed by atoms with Crippen molar-refractivity contribution in [1.82, 2.24) is 15.1 Å². The molecular formula is C20H22N4O2S. The molecule has 0 aliphatic carbocycles. The second-order valence-electron chi connectivity index (χ2n) is 6.59. The molecule has 3 rings (SSSR count). The lowest BCUT2D eigenvalue weighted by molar-refractivity contribution is 0.0935. The Morgan fingerprint density at radius 1 is 1.22 bits per heavy atom. The maximum Gasteiger partial charge on any atom is 0.258 e. The van der Waals surface area contributed by atoms with Gasteiger partial charge in [-0.3, -0.25) is 14.3 Å². The molecule has 3 aromatic rings. The number of amides is 2. The van der Waals surface area contributed by atoms with Crippen molar-refractivity contribution in [3.8, 4) is 10.4 Å². The molecule has 0 fully saturated rings. The van der Waals surface area contributed by atoms with Crippen molar-refractivity contribution in [3.63, 3.8) is 0 Å². The molecule has 2 amide bonds. The molecule has 3 N–H and O–H groups in total. The molecule has 0 saturated carbocycles. The zero-order valence-corrected chi connectivity index (χ0v) is 16.3. The molecule has 2 aromatic heterocycles. The topological polar surface area (TPSA) is 90.0 Å². The van der Waals surface area contributed by atoms with E-state index >= 15 is 0 Å². The first-order valence-corrected chi connectivity index (χ1v) is 9.47. The Balaban J connectivity index is 1.71. The summed E-state index contributed by atoms with van der Waals surface area (Å²) >= 11 is 1.32. The number of nitrogens with two attached hydrogens (primary N) is 1. The van der Waals surface area contributed by atoms with Gasteiger partial charge in [-0.15, -0.1) is 11.3 Å². The summed E-state index contributed by atoms with van der Waals surface area (Å²) in [6, 6.07) is 12.8. The number of nitrogens with one attached hydrogen (secondary N) is 1. The van der Waals surface area contributed by atoms with E-state index in [4.69, 9.17) is 5.73 Å². The van der Waals surface area contributed by atoms with Gasteiger partial charge in [0, 0.05) is 22.2 Å². The lowest BCUT2D eigenvalue weighted by Gasteiger charge is -2.15. The summed E-state index contributed by atoms with van der Waals surface area (Å²) in [5, 5.41) is 7.44. The van der Waals surface area contributed by atoms with Gasteiger partial charge in [-0.2, -0.15) is 5.10 Å². The summed E-state index contributed by atoms with van der Waals surface area (Å²) in [5.41, 5.74) is 8.80. The summed E-state index contributed by atoms with van der Waals surface area (Å²) in [5.74, 6) is -0.587. The standard InChI is InChI=1S/C20H22N4O2S/c1-12-9-14(3)24(23-12)11-13(2)22-20(26)16-6-4-5-15(10-16)17-7-8-18(27-17)19(21)25/h4-10,13H,11H2,1-3H3,(H2,21,25)(H,22,26). The summed E-state index contributed by atoms with van der Waals surface area (Å²) in [4.78, 5) is 25.3. The van der Waals surface area contributed by atoms with Crippen molar-refractivity contribution in [3.05, 3.63) is 64.3 Å². The second-order valence-corrected chi connectivity index (χ2v) is 7.68. The van der Waals surface area contributed by atoms with E-state index in [9.17, 15) is 9.59 Å². The summed E-state index contributed by atoms with van der Waals surface area (Å²) in [7, 11) is 0. The number of aryl methyl sites for hydroxylation is 2. The molecule has 6 nitrogen and oxygen atoms in total. The molecule has 27 heavy (non-hydrogen) atoms. The van der Waals surface area contributed by atoms with Crippen LogP contribution in [0.5, 0.6) is 0 Å². The number of benzene rings is 1. The van der Waals surface area contributed by atoms with Crippen molar-refractivity contribution in [2.24, 2.45) is 5.73 Å². The van der Waals surface area contributed by atoms with E-state index in [1.807, 2.05) is 55.8 Å². The largest absolute Gasteiger partial charge is 0.365 e. The number of nitrogens with zero attached hydrogens (tertiary/aromatic N) is 2. The Hall–Kier alpha value is -2.93. The predicted octanol–water partition coefficient (Wildman–Crippen LogP) is 3.15. The quantitative estimate of drug-likeness (QED) is 0.686. The highest BCUT2D eigenvalue weighted by Crippen LogP contribution is 2.28. The van der Waals surface area contributed by atoms with Gasteiger partial charge < -0.3 is 11.1 Å². The SMILES string of the molecule is Cc1cc(C)n(CC(C)NC(=O)c2cccc(-c3ccc(C(N)=O)s3)c2)n1. The van der Waals surface area contributed by atoms with Gasteiger partial charge in [-0.1, -0.05) is 12.1 Å². The minimum absolute atomic E-state index is 0.0673. The number of aromatic nitrogens is 2. The van der Waals surface area contributed by atoms with E-state index in [2.05, 4.69) is 10.4 Å². The minimum Gasteiger partial charge on any atom is -0.365 e. The normalized spacial score (nSPS) is 12.0. The first-order valence-electron chi connectivity index (χ1n) is 8.65. The maximum atomic E-state index is 12.6. The monoisotopic (exact) mass is 382 g/mol. The first-order chi connectivity index (χ1) is 12.8. The number of thiophene rings is 1. The molecule has 1 aromatic carbocycles.